The smallest absolute Gasteiger partial charge is 0.343 e. The van der Waals surface area contributed by atoms with E-state index in [2.05, 4.69) is 15.9 Å². The summed E-state index contributed by atoms with van der Waals surface area (Å²) in [4.78, 5) is 27.4. The molecule has 26 heavy (non-hydrogen) atoms. The van der Waals surface area contributed by atoms with Gasteiger partial charge in [0.2, 0.25) is 6.10 Å². The van der Waals surface area contributed by atoms with Gasteiger partial charge in [-0.05, 0) is 37.5 Å². The average molecular weight is 418 g/mol. The predicted molar refractivity (Wildman–Crippen MR) is 101 cm³/mol. The van der Waals surface area contributed by atoms with Gasteiger partial charge in [0, 0.05) is 23.1 Å². The number of benzene rings is 2. The zero-order chi connectivity index (χ0) is 18.5. The molecule has 1 amide bonds. The number of hydrogen-bond donors (Lipinski definition) is 1. The number of hydrogen-bond acceptors (Lipinski definition) is 4. The summed E-state index contributed by atoms with van der Waals surface area (Å²) in [6.07, 6.45) is 1.98. The molecule has 0 aliphatic carbocycles. The van der Waals surface area contributed by atoms with Gasteiger partial charge in [0.25, 0.3) is 5.91 Å². The number of amides is 1. The maximum atomic E-state index is 13.0. The van der Waals surface area contributed by atoms with Crippen LogP contribution in [0.2, 0.25) is 0 Å². The van der Waals surface area contributed by atoms with Crippen LogP contribution in [0.15, 0.2) is 53.0 Å². The maximum absolute atomic E-state index is 13.0. The summed E-state index contributed by atoms with van der Waals surface area (Å²) in [5, 5.41) is 9.96. The molecular weight excluding hydrogens is 398 g/mol. The van der Waals surface area contributed by atoms with Gasteiger partial charge in [-0.25, -0.2) is 4.79 Å². The Morgan fingerprint density at radius 2 is 1.73 bits per heavy atom. The Hall–Kier alpha value is -2.34. The number of rotatable bonds is 4. The van der Waals surface area contributed by atoms with Gasteiger partial charge in [-0.1, -0.05) is 46.3 Å². The number of phenolic OH excluding ortho intramolecular Hbond substituents is 1. The van der Waals surface area contributed by atoms with E-state index in [1.807, 2.05) is 6.07 Å². The van der Waals surface area contributed by atoms with E-state index in [1.54, 1.807) is 35.2 Å². The standard InChI is InChI=1S/C20H20BrNO4/c21-15-9-10-17(23)16(13-15)20(25)26-18(14-7-3-1-4-8-14)19(24)22-11-5-2-6-12-22/h1,3-4,7-10,13,18,23H,2,5-6,11-12H2/t18-/m1/s1. The van der Waals surface area contributed by atoms with E-state index in [-0.39, 0.29) is 17.2 Å². The Morgan fingerprint density at radius 1 is 1.04 bits per heavy atom. The van der Waals surface area contributed by atoms with E-state index in [0.717, 1.165) is 19.3 Å². The number of likely N-dealkylation sites (tertiary alicyclic amines) is 1. The minimum Gasteiger partial charge on any atom is -0.507 e. The molecule has 1 aliphatic rings. The second-order valence-corrected chi connectivity index (χ2v) is 7.16. The molecule has 5 nitrogen and oxygen atoms in total. The Morgan fingerprint density at radius 3 is 2.42 bits per heavy atom. The fourth-order valence-electron chi connectivity index (χ4n) is 3.01. The summed E-state index contributed by atoms with van der Waals surface area (Å²) in [5.41, 5.74) is 0.637. The van der Waals surface area contributed by atoms with Gasteiger partial charge in [0.1, 0.15) is 11.3 Å². The number of halogens is 1. The third-order valence-electron chi connectivity index (χ3n) is 4.40. The Bertz CT molecular complexity index is 788. The lowest BCUT2D eigenvalue weighted by Gasteiger charge is -2.30. The Labute approximate surface area is 160 Å². The normalized spacial score (nSPS) is 15.3. The number of carbonyl (C=O) groups is 2. The summed E-state index contributed by atoms with van der Waals surface area (Å²) in [6.45, 7) is 1.34. The molecule has 1 fully saturated rings. The first-order valence-corrected chi connectivity index (χ1v) is 9.39. The largest absolute Gasteiger partial charge is 0.507 e. The van der Waals surface area contributed by atoms with Gasteiger partial charge in [-0.3, -0.25) is 4.79 Å². The Kier molecular flexibility index (Phi) is 5.93. The lowest BCUT2D eigenvalue weighted by atomic mass is 10.1. The van der Waals surface area contributed by atoms with Crippen LogP contribution in [0, 0.1) is 0 Å². The van der Waals surface area contributed by atoms with E-state index in [1.165, 1.54) is 12.1 Å². The molecule has 1 heterocycles. The van der Waals surface area contributed by atoms with Crippen molar-refractivity contribution < 1.29 is 19.4 Å². The van der Waals surface area contributed by atoms with Crippen molar-refractivity contribution in [3.63, 3.8) is 0 Å². The van der Waals surface area contributed by atoms with Crippen LogP contribution >= 0.6 is 15.9 Å². The van der Waals surface area contributed by atoms with Gasteiger partial charge in [0.15, 0.2) is 0 Å². The van der Waals surface area contributed by atoms with Crippen molar-refractivity contribution in [2.24, 2.45) is 0 Å². The second-order valence-electron chi connectivity index (χ2n) is 6.24. The molecule has 3 rings (SSSR count). The van der Waals surface area contributed by atoms with E-state index >= 15 is 0 Å². The van der Waals surface area contributed by atoms with Crippen LogP contribution in [0.3, 0.4) is 0 Å². The fraction of sp³-hybridized carbons (Fsp3) is 0.300. The maximum Gasteiger partial charge on any atom is 0.343 e. The first-order valence-electron chi connectivity index (χ1n) is 8.59. The summed E-state index contributed by atoms with van der Waals surface area (Å²) < 4.78 is 6.20. The summed E-state index contributed by atoms with van der Waals surface area (Å²) in [5.74, 6) is -1.14. The molecule has 1 atom stereocenters. The van der Waals surface area contributed by atoms with Crippen LogP contribution in [0.25, 0.3) is 0 Å². The molecule has 1 saturated heterocycles. The van der Waals surface area contributed by atoms with Gasteiger partial charge in [0.05, 0.1) is 0 Å². The van der Waals surface area contributed by atoms with Crippen LogP contribution in [0.1, 0.15) is 41.3 Å². The highest BCUT2D eigenvalue weighted by Gasteiger charge is 2.31. The van der Waals surface area contributed by atoms with Gasteiger partial charge < -0.3 is 14.7 Å². The number of ether oxygens (including phenoxy) is 1. The number of nitrogens with zero attached hydrogens (tertiary/aromatic N) is 1. The topological polar surface area (TPSA) is 66.8 Å². The number of aromatic hydroxyl groups is 1. The van der Waals surface area contributed by atoms with Crippen molar-refractivity contribution in [1.29, 1.82) is 0 Å². The van der Waals surface area contributed by atoms with Crippen LogP contribution in [-0.4, -0.2) is 35.0 Å². The minimum absolute atomic E-state index is 0.0201. The first-order chi connectivity index (χ1) is 12.6. The predicted octanol–water partition coefficient (Wildman–Crippen LogP) is 4.07. The lowest BCUT2D eigenvalue weighted by Crippen LogP contribution is -2.40. The molecule has 0 radical (unpaired) electrons. The van der Waals surface area contributed by atoms with Gasteiger partial charge >= 0.3 is 5.97 Å². The molecule has 0 saturated carbocycles. The van der Waals surface area contributed by atoms with Crippen molar-refractivity contribution in [1.82, 2.24) is 4.90 Å². The van der Waals surface area contributed by atoms with E-state index in [0.29, 0.717) is 23.1 Å². The molecule has 0 spiro atoms. The molecule has 0 aromatic heterocycles. The van der Waals surface area contributed by atoms with E-state index in [9.17, 15) is 14.7 Å². The Balaban J connectivity index is 1.87. The molecule has 136 valence electrons. The van der Waals surface area contributed by atoms with Crippen molar-refractivity contribution in [3.05, 3.63) is 64.1 Å². The van der Waals surface area contributed by atoms with Crippen LogP contribution in [-0.2, 0) is 9.53 Å². The molecule has 1 aliphatic heterocycles. The zero-order valence-corrected chi connectivity index (χ0v) is 15.8. The number of phenols is 1. The molecular formula is C20H20BrNO4. The van der Waals surface area contributed by atoms with Crippen molar-refractivity contribution in [2.75, 3.05) is 13.1 Å². The monoisotopic (exact) mass is 417 g/mol. The van der Waals surface area contributed by atoms with Crippen molar-refractivity contribution >= 4 is 27.8 Å². The van der Waals surface area contributed by atoms with E-state index in [4.69, 9.17) is 4.74 Å². The molecule has 2 aromatic carbocycles. The van der Waals surface area contributed by atoms with Crippen molar-refractivity contribution in [2.45, 2.75) is 25.4 Å². The highest BCUT2D eigenvalue weighted by Crippen LogP contribution is 2.27. The number of esters is 1. The number of carbonyl (C=O) groups excluding carboxylic acids is 2. The summed E-state index contributed by atoms with van der Waals surface area (Å²) in [7, 11) is 0. The molecule has 2 aromatic rings. The van der Waals surface area contributed by atoms with Crippen LogP contribution in [0.5, 0.6) is 5.75 Å². The SMILES string of the molecule is O=C(O[C@@H](C(=O)N1CCCCC1)c1ccccc1)c1cc(Br)ccc1O. The van der Waals surface area contributed by atoms with E-state index < -0.39 is 12.1 Å². The molecule has 0 bridgehead atoms. The minimum atomic E-state index is -1.03. The highest BCUT2D eigenvalue weighted by molar-refractivity contribution is 9.10. The lowest BCUT2D eigenvalue weighted by molar-refractivity contribution is -0.142. The van der Waals surface area contributed by atoms with Gasteiger partial charge in [-0.15, -0.1) is 0 Å². The van der Waals surface area contributed by atoms with Crippen molar-refractivity contribution in [3.8, 4) is 5.75 Å². The third-order valence-corrected chi connectivity index (χ3v) is 4.89. The third kappa shape index (κ3) is 4.25. The highest BCUT2D eigenvalue weighted by atomic mass is 79.9. The average Bonchev–Trinajstić information content (AvgIpc) is 2.68. The molecule has 0 unspecified atom stereocenters. The quantitative estimate of drug-likeness (QED) is 0.761. The number of piperidine rings is 1. The first kappa shape index (κ1) is 18.5. The van der Waals surface area contributed by atoms with Gasteiger partial charge in [-0.2, -0.15) is 0 Å². The summed E-state index contributed by atoms with van der Waals surface area (Å²) in [6, 6.07) is 13.5. The summed E-state index contributed by atoms with van der Waals surface area (Å²) >= 11 is 3.27. The van der Waals surface area contributed by atoms with Crippen LogP contribution < -0.4 is 0 Å². The molecule has 1 N–H and O–H groups in total. The zero-order valence-electron chi connectivity index (χ0n) is 14.2. The second kappa shape index (κ2) is 8.36. The van der Waals surface area contributed by atoms with Crippen LogP contribution in [0.4, 0.5) is 0 Å². The fourth-order valence-corrected chi connectivity index (χ4v) is 3.37. The molecule has 6 heteroatoms.